The quantitative estimate of drug-likeness (QED) is 0.910. The fourth-order valence-corrected chi connectivity index (χ4v) is 3.36. The zero-order chi connectivity index (χ0) is 13.5. The number of hydrogen-bond acceptors (Lipinski definition) is 4. The lowest BCUT2D eigenvalue weighted by molar-refractivity contribution is 0.0304. The Morgan fingerprint density at radius 2 is 2.00 bits per heavy atom. The summed E-state index contributed by atoms with van der Waals surface area (Å²) in [5, 5.41) is 3.61. The normalized spacial score (nSPS) is 28.9. The first-order valence-corrected chi connectivity index (χ1v) is 7.87. The minimum atomic E-state index is 0.437. The lowest BCUT2D eigenvalue weighted by atomic mass is 10.1. The van der Waals surface area contributed by atoms with Gasteiger partial charge in [-0.15, -0.1) is 0 Å². The van der Waals surface area contributed by atoms with Crippen molar-refractivity contribution in [1.82, 2.24) is 10.3 Å². The van der Waals surface area contributed by atoms with Gasteiger partial charge in [0, 0.05) is 48.8 Å². The molecule has 4 nitrogen and oxygen atoms in total. The number of aryl methyl sites for hydroxylation is 1. The second kappa shape index (κ2) is 5.01. The summed E-state index contributed by atoms with van der Waals surface area (Å²) in [6.07, 6.45) is 8.03. The molecule has 4 rings (SSSR count). The van der Waals surface area contributed by atoms with Crippen LogP contribution in [0.1, 0.15) is 36.9 Å². The van der Waals surface area contributed by atoms with Gasteiger partial charge in [0.05, 0.1) is 12.2 Å². The van der Waals surface area contributed by atoms with Gasteiger partial charge in [0.2, 0.25) is 0 Å². The van der Waals surface area contributed by atoms with Gasteiger partial charge in [-0.3, -0.25) is 4.98 Å². The largest absolute Gasteiger partial charge is 0.371 e. The molecule has 2 saturated heterocycles. The third-order valence-corrected chi connectivity index (χ3v) is 4.64. The molecule has 3 fully saturated rings. The molecule has 2 bridgehead atoms. The number of hydrogen-bond donors (Lipinski definition) is 1. The number of nitrogens with zero attached hydrogens (tertiary/aromatic N) is 2. The standard InChI is InChI=1S/C16H23N3O/c1-11-6-16(12(7-17-11)8-18-13-2-3-13)19-9-14-4-5-15(10-19)20-14/h6-7,13-15,18H,2-5,8-10H2,1H3. The summed E-state index contributed by atoms with van der Waals surface area (Å²) < 4.78 is 5.95. The fourth-order valence-electron chi connectivity index (χ4n) is 3.36. The fraction of sp³-hybridized carbons (Fsp3) is 0.688. The first-order chi connectivity index (χ1) is 9.78. The number of anilines is 1. The topological polar surface area (TPSA) is 37.4 Å². The van der Waals surface area contributed by atoms with Crippen molar-refractivity contribution >= 4 is 5.69 Å². The Morgan fingerprint density at radius 1 is 1.25 bits per heavy atom. The van der Waals surface area contributed by atoms with E-state index in [1.807, 2.05) is 0 Å². The summed E-state index contributed by atoms with van der Waals surface area (Å²) in [7, 11) is 0. The van der Waals surface area contributed by atoms with E-state index in [-0.39, 0.29) is 0 Å². The van der Waals surface area contributed by atoms with Crippen LogP contribution in [0.5, 0.6) is 0 Å². The summed E-state index contributed by atoms with van der Waals surface area (Å²) in [5.74, 6) is 0. The molecule has 1 aliphatic carbocycles. The van der Waals surface area contributed by atoms with E-state index >= 15 is 0 Å². The second-order valence-electron chi connectivity index (χ2n) is 6.47. The zero-order valence-corrected chi connectivity index (χ0v) is 12.1. The third-order valence-electron chi connectivity index (χ3n) is 4.64. The van der Waals surface area contributed by atoms with E-state index in [1.165, 1.54) is 36.9 Å². The molecule has 0 aromatic carbocycles. The molecule has 0 amide bonds. The van der Waals surface area contributed by atoms with Crippen LogP contribution < -0.4 is 10.2 Å². The van der Waals surface area contributed by atoms with Gasteiger partial charge in [0.15, 0.2) is 0 Å². The number of ether oxygens (including phenoxy) is 1. The number of aromatic nitrogens is 1. The van der Waals surface area contributed by atoms with Gasteiger partial charge in [-0.25, -0.2) is 0 Å². The molecule has 1 N–H and O–H groups in total. The Morgan fingerprint density at radius 3 is 2.70 bits per heavy atom. The molecule has 108 valence electrons. The third kappa shape index (κ3) is 2.54. The molecule has 4 heteroatoms. The van der Waals surface area contributed by atoms with Crippen LogP contribution in [-0.2, 0) is 11.3 Å². The molecule has 2 aliphatic heterocycles. The van der Waals surface area contributed by atoms with Crippen molar-refractivity contribution in [1.29, 1.82) is 0 Å². The predicted molar refractivity (Wildman–Crippen MR) is 78.9 cm³/mol. The summed E-state index contributed by atoms with van der Waals surface area (Å²) in [6.45, 7) is 5.10. The summed E-state index contributed by atoms with van der Waals surface area (Å²) in [6, 6.07) is 2.99. The van der Waals surface area contributed by atoms with Crippen molar-refractivity contribution in [2.75, 3.05) is 18.0 Å². The van der Waals surface area contributed by atoms with Crippen LogP contribution in [0.3, 0.4) is 0 Å². The van der Waals surface area contributed by atoms with Crippen molar-refractivity contribution < 1.29 is 4.74 Å². The van der Waals surface area contributed by atoms with Gasteiger partial charge in [-0.1, -0.05) is 0 Å². The van der Waals surface area contributed by atoms with Gasteiger partial charge in [-0.2, -0.15) is 0 Å². The molecule has 2 unspecified atom stereocenters. The van der Waals surface area contributed by atoms with Gasteiger partial charge < -0.3 is 15.0 Å². The van der Waals surface area contributed by atoms with Crippen LogP contribution in [0.4, 0.5) is 5.69 Å². The molecule has 0 spiro atoms. The Labute approximate surface area is 120 Å². The number of nitrogens with one attached hydrogen (secondary N) is 1. The maximum atomic E-state index is 5.95. The van der Waals surface area contributed by atoms with E-state index in [9.17, 15) is 0 Å². The van der Waals surface area contributed by atoms with Gasteiger partial charge >= 0.3 is 0 Å². The maximum absolute atomic E-state index is 5.95. The lowest BCUT2D eigenvalue weighted by Crippen LogP contribution is -2.43. The molecule has 1 aromatic heterocycles. The minimum absolute atomic E-state index is 0.437. The zero-order valence-electron chi connectivity index (χ0n) is 12.1. The monoisotopic (exact) mass is 273 g/mol. The summed E-state index contributed by atoms with van der Waals surface area (Å²) >= 11 is 0. The maximum Gasteiger partial charge on any atom is 0.0755 e. The van der Waals surface area contributed by atoms with Crippen molar-refractivity contribution in [3.63, 3.8) is 0 Å². The number of fused-ring (bicyclic) bond motifs is 2. The first kappa shape index (κ1) is 12.6. The van der Waals surface area contributed by atoms with Crippen LogP contribution in [0.15, 0.2) is 12.3 Å². The number of pyridine rings is 1. The molecular formula is C16H23N3O. The van der Waals surface area contributed by atoms with Crippen LogP contribution in [0, 0.1) is 6.92 Å². The van der Waals surface area contributed by atoms with Gasteiger partial charge in [-0.05, 0) is 38.7 Å². The first-order valence-electron chi connectivity index (χ1n) is 7.87. The Kier molecular flexibility index (Phi) is 3.15. The highest BCUT2D eigenvalue weighted by molar-refractivity contribution is 5.54. The molecule has 20 heavy (non-hydrogen) atoms. The van der Waals surface area contributed by atoms with E-state index in [1.54, 1.807) is 0 Å². The van der Waals surface area contributed by atoms with Crippen molar-refractivity contribution in [2.45, 2.75) is 57.4 Å². The van der Waals surface area contributed by atoms with E-state index in [4.69, 9.17) is 4.74 Å². The van der Waals surface area contributed by atoms with Crippen LogP contribution in [0.25, 0.3) is 0 Å². The SMILES string of the molecule is Cc1cc(N2CC3CCC(C2)O3)c(CNC2CC2)cn1. The molecule has 0 radical (unpaired) electrons. The number of rotatable bonds is 4. The van der Waals surface area contributed by atoms with Crippen LogP contribution in [-0.4, -0.2) is 36.3 Å². The highest BCUT2D eigenvalue weighted by Crippen LogP contribution is 2.32. The Balaban J connectivity index is 1.56. The summed E-state index contributed by atoms with van der Waals surface area (Å²) in [5.41, 5.74) is 3.81. The Hall–Kier alpha value is -1.13. The highest BCUT2D eigenvalue weighted by atomic mass is 16.5. The van der Waals surface area contributed by atoms with Gasteiger partial charge in [0.25, 0.3) is 0 Å². The van der Waals surface area contributed by atoms with E-state index < -0.39 is 0 Å². The van der Waals surface area contributed by atoms with Gasteiger partial charge in [0.1, 0.15) is 0 Å². The number of morpholine rings is 1. The van der Waals surface area contributed by atoms with E-state index in [2.05, 4.69) is 34.4 Å². The summed E-state index contributed by atoms with van der Waals surface area (Å²) in [4.78, 5) is 7.01. The van der Waals surface area contributed by atoms with Crippen LogP contribution >= 0.6 is 0 Å². The smallest absolute Gasteiger partial charge is 0.0755 e. The highest BCUT2D eigenvalue weighted by Gasteiger charge is 2.34. The molecule has 2 atom stereocenters. The van der Waals surface area contributed by atoms with E-state index in [0.29, 0.717) is 12.2 Å². The van der Waals surface area contributed by atoms with Crippen molar-refractivity contribution in [2.24, 2.45) is 0 Å². The van der Waals surface area contributed by atoms with Crippen molar-refractivity contribution in [3.05, 3.63) is 23.5 Å². The molecule has 1 saturated carbocycles. The molecular weight excluding hydrogens is 250 g/mol. The van der Waals surface area contributed by atoms with E-state index in [0.717, 1.165) is 31.4 Å². The molecule has 3 heterocycles. The average molecular weight is 273 g/mol. The second-order valence-corrected chi connectivity index (χ2v) is 6.47. The molecule has 3 aliphatic rings. The predicted octanol–water partition coefficient (Wildman–Crippen LogP) is 2.01. The van der Waals surface area contributed by atoms with Crippen molar-refractivity contribution in [3.8, 4) is 0 Å². The lowest BCUT2D eigenvalue weighted by Gasteiger charge is -2.35. The van der Waals surface area contributed by atoms with Crippen LogP contribution in [0.2, 0.25) is 0 Å². The average Bonchev–Trinajstić information content (AvgIpc) is 3.22. The Bertz CT molecular complexity index is 488. The minimum Gasteiger partial charge on any atom is -0.371 e. The molecule has 1 aromatic rings.